The molecule has 8 nitrogen and oxygen atoms in total. The molecule has 0 fully saturated rings. The van der Waals surface area contributed by atoms with Gasteiger partial charge in [-0.3, -0.25) is 9.10 Å². The lowest BCUT2D eigenvalue weighted by molar-refractivity contribution is -0.119. The van der Waals surface area contributed by atoms with Gasteiger partial charge in [-0.25, -0.2) is 13.8 Å². The molecule has 31 heavy (non-hydrogen) atoms. The maximum absolute atomic E-state index is 12.3. The molecule has 11 heteroatoms. The highest BCUT2D eigenvalue weighted by atomic mass is 35.5. The van der Waals surface area contributed by atoms with E-state index in [1.165, 1.54) is 18.3 Å². The second kappa shape index (κ2) is 11.2. The topological polar surface area (TPSA) is 97.3 Å². The van der Waals surface area contributed by atoms with Crippen LogP contribution >= 0.6 is 23.2 Å². The number of carbonyl (C=O) groups excluding carboxylic acids is 1. The standard InChI is InChI=1S/C20H23Cl2N3O5S/c1-4-29-17-10-9-14(11-18(17)30-5-2)12-23-24-19(26)13-25(31(3,27)28)16-8-6-7-15(21)20(16)22/h6-12H,4-5,13H2,1-3H3,(H,24,26)/b23-12-. The summed E-state index contributed by atoms with van der Waals surface area (Å²) in [6.07, 6.45) is 2.38. The highest BCUT2D eigenvalue weighted by Crippen LogP contribution is 2.33. The number of nitrogens with one attached hydrogen (secondary N) is 1. The van der Waals surface area contributed by atoms with Crippen LogP contribution in [0.2, 0.25) is 10.0 Å². The van der Waals surface area contributed by atoms with E-state index in [9.17, 15) is 13.2 Å². The molecule has 0 spiro atoms. The molecule has 0 unspecified atom stereocenters. The van der Waals surface area contributed by atoms with E-state index in [-0.39, 0.29) is 15.7 Å². The molecule has 1 N–H and O–H groups in total. The van der Waals surface area contributed by atoms with Crippen LogP contribution in [0.3, 0.4) is 0 Å². The van der Waals surface area contributed by atoms with Crippen LogP contribution in [0.1, 0.15) is 19.4 Å². The minimum Gasteiger partial charge on any atom is -0.490 e. The van der Waals surface area contributed by atoms with Gasteiger partial charge in [-0.1, -0.05) is 29.3 Å². The van der Waals surface area contributed by atoms with Gasteiger partial charge in [0.05, 0.1) is 41.4 Å². The SMILES string of the molecule is CCOc1ccc(/C=N\NC(=O)CN(c2cccc(Cl)c2Cl)S(C)(=O)=O)cc1OCC. The summed E-state index contributed by atoms with van der Waals surface area (Å²) in [6, 6.07) is 9.73. The van der Waals surface area contributed by atoms with Crippen LogP contribution in [-0.2, 0) is 14.8 Å². The quantitative estimate of drug-likeness (QED) is 0.406. The fourth-order valence-electron chi connectivity index (χ4n) is 2.56. The van der Waals surface area contributed by atoms with E-state index in [1.54, 1.807) is 24.3 Å². The number of sulfonamides is 1. The predicted octanol–water partition coefficient (Wildman–Crippen LogP) is 3.71. The molecular weight excluding hydrogens is 465 g/mol. The van der Waals surface area contributed by atoms with E-state index >= 15 is 0 Å². The fraction of sp³-hybridized carbons (Fsp3) is 0.300. The number of hydrogen-bond acceptors (Lipinski definition) is 6. The lowest BCUT2D eigenvalue weighted by Gasteiger charge is -2.22. The highest BCUT2D eigenvalue weighted by Gasteiger charge is 2.23. The first kappa shape index (κ1) is 24.8. The average molecular weight is 488 g/mol. The van der Waals surface area contributed by atoms with Crippen LogP contribution in [0.25, 0.3) is 0 Å². The molecule has 0 aliphatic rings. The Hall–Kier alpha value is -2.49. The molecule has 0 aliphatic carbocycles. The predicted molar refractivity (Wildman–Crippen MR) is 123 cm³/mol. The molecular formula is C20H23Cl2N3O5S. The van der Waals surface area contributed by atoms with Crippen molar-refractivity contribution in [2.45, 2.75) is 13.8 Å². The third kappa shape index (κ3) is 7.02. The Morgan fingerprint density at radius 3 is 2.45 bits per heavy atom. The molecule has 0 aromatic heterocycles. The first-order chi connectivity index (χ1) is 14.7. The van der Waals surface area contributed by atoms with Gasteiger partial charge in [0.25, 0.3) is 5.91 Å². The normalized spacial score (nSPS) is 11.4. The van der Waals surface area contributed by atoms with Gasteiger partial charge in [0, 0.05) is 0 Å². The van der Waals surface area contributed by atoms with Crippen molar-refractivity contribution in [3.8, 4) is 11.5 Å². The van der Waals surface area contributed by atoms with Gasteiger partial charge >= 0.3 is 0 Å². The number of hydrazone groups is 1. The third-order valence-electron chi connectivity index (χ3n) is 3.86. The molecule has 2 rings (SSSR count). The minimum absolute atomic E-state index is 0.0312. The van der Waals surface area contributed by atoms with E-state index in [0.717, 1.165) is 10.6 Å². The molecule has 2 aromatic carbocycles. The lowest BCUT2D eigenvalue weighted by Crippen LogP contribution is -2.39. The van der Waals surface area contributed by atoms with Crippen molar-refractivity contribution >= 4 is 51.0 Å². The van der Waals surface area contributed by atoms with Crippen LogP contribution in [0, 0.1) is 0 Å². The summed E-state index contributed by atoms with van der Waals surface area (Å²) < 4.78 is 36.3. The molecule has 0 radical (unpaired) electrons. The van der Waals surface area contributed by atoms with Crippen molar-refractivity contribution in [3.05, 3.63) is 52.0 Å². The van der Waals surface area contributed by atoms with E-state index in [2.05, 4.69) is 10.5 Å². The van der Waals surface area contributed by atoms with Crippen LogP contribution in [0.4, 0.5) is 5.69 Å². The van der Waals surface area contributed by atoms with Gasteiger partial charge in [0.1, 0.15) is 6.54 Å². The van der Waals surface area contributed by atoms with E-state index in [0.29, 0.717) is 30.3 Å². The second-order valence-electron chi connectivity index (χ2n) is 6.21. The number of ether oxygens (including phenoxy) is 2. The molecule has 0 aliphatic heterocycles. The summed E-state index contributed by atoms with van der Waals surface area (Å²) in [6.45, 7) is 4.17. The summed E-state index contributed by atoms with van der Waals surface area (Å²) in [5.74, 6) is 0.500. The molecule has 168 valence electrons. The van der Waals surface area contributed by atoms with Gasteiger partial charge in [-0.05, 0) is 49.7 Å². The molecule has 0 atom stereocenters. The number of halogens is 2. The Morgan fingerprint density at radius 1 is 1.13 bits per heavy atom. The van der Waals surface area contributed by atoms with Crippen LogP contribution in [-0.4, -0.2) is 46.6 Å². The van der Waals surface area contributed by atoms with Crippen molar-refractivity contribution in [1.29, 1.82) is 0 Å². The van der Waals surface area contributed by atoms with E-state index in [1.807, 2.05) is 13.8 Å². The van der Waals surface area contributed by atoms with Crippen molar-refractivity contribution in [3.63, 3.8) is 0 Å². The zero-order valence-electron chi connectivity index (χ0n) is 17.3. The van der Waals surface area contributed by atoms with Gasteiger partial charge < -0.3 is 9.47 Å². The Morgan fingerprint density at radius 2 is 1.81 bits per heavy atom. The van der Waals surface area contributed by atoms with Gasteiger partial charge in [0.15, 0.2) is 11.5 Å². The number of benzene rings is 2. The largest absolute Gasteiger partial charge is 0.490 e. The van der Waals surface area contributed by atoms with Crippen molar-refractivity contribution in [2.24, 2.45) is 5.10 Å². The summed E-state index contributed by atoms with van der Waals surface area (Å²) >= 11 is 12.1. The van der Waals surface area contributed by atoms with Crippen molar-refractivity contribution < 1.29 is 22.7 Å². The summed E-state index contributed by atoms with van der Waals surface area (Å²) in [7, 11) is -3.80. The molecule has 0 saturated heterocycles. The molecule has 2 aromatic rings. The monoisotopic (exact) mass is 487 g/mol. The Labute approximate surface area is 191 Å². The van der Waals surface area contributed by atoms with E-state index in [4.69, 9.17) is 32.7 Å². The first-order valence-electron chi connectivity index (χ1n) is 9.30. The number of rotatable bonds is 10. The number of amides is 1. The zero-order chi connectivity index (χ0) is 23.0. The molecule has 1 amide bonds. The minimum atomic E-state index is -3.80. The van der Waals surface area contributed by atoms with Crippen LogP contribution in [0.5, 0.6) is 11.5 Å². The molecule has 0 bridgehead atoms. The first-order valence-corrected chi connectivity index (χ1v) is 11.9. The highest BCUT2D eigenvalue weighted by molar-refractivity contribution is 7.92. The fourth-order valence-corrected chi connectivity index (χ4v) is 3.87. The molecule has 0 saturated carbocycles. The molecule has 0 heterocycles. The number of nitrogens with zero attached hydrogens (tertiary/aromatic N) is 2. The second-order valence-corrected chi connectivity index (χ2v) is 8.90. The maximum atomic E-state index is 12.3. The number of anilines is 1. The van der Waals surface area contributed by atoms with Gasteiger partial charge in [-0.15, -0.1) is 0 Å². The Kier molecular flexibility index (Phi) is 8.97. The lowest BCUT2D eigenvalue weighted by atomic mass is 10.2. The summed E-state index contributed by atoms with van der Waals surface area (Å²) in [5.41, 5.74) is 3.06. The smallest absolute Gasteiger partial charge is 0.260 e. The zero-order valence-corrected chi connectivity index (χ0v) is 19.6. The maximum Gasteiger partial charge on any atom is 0.260 e. The summed E-state index contributed by atoms with van der Waals surface area (Å²) in [4.78, 5) is 12.3. The van der Waals surface area contributed by atoms with Crippen LogP contribution < -0.4 is 19.2 Å². The Balaban J connectivity index is 2.13. The average Bonchev–Trinajstić information content (AvgIpc) is 2.70. The van der Waals surface area contributed by atoms with Crippen LogP contribution in [0.15, 0.2) is 41.5 Å². The van der Waals surface area contributed by atoms with Gasteiger partial charge in [0.2, 0.25) is 10.0 Å². The van der Waals surface area contributed by atoms with Crippen molar-refractivity contribution in [1.82, 2.24) is 5.43 Å². The number of carbonyl (C=O) groups is 1. The number of hydrogen-bond donors (Lipinski definition) is 1. The van der Waals surface area contributed by atoms with Gasteiger partial charge in [-0.2, -0.15) is 5.10 Å². The Bertz CT molecular complexity index is 1060. The van der Waals surface area contributed by atoms with Crippen molar-refractivity contribution in [2.75, 3.05) is 30.3 Å². The summed E-state index contributed by atoms with van der Waals surface area (Å²) in [5, 5.41) is 4.09. The third-order valence-corrected chi connectivity index (χ3v) is 5.79. The van der Waals surface area contributed by atoms with E-state index < -0.39 is 22.5 Å².